The lowest BCUT2D eigenvalue weighted by molar-refractivity contribution is -0.147. The number of nitrogens with one attached hydrogen (secondary N) is 5. The predicted molar refractivity (Wildman–Crippen MR) is 184 cm³/mol. The fourth-order valence-electron chi connectivity index (χ4n) is 8.06. The van der Waals surface area contributed by atoms with Crippen LogP contribution in [0.4, 0.5) is 0 Å². The number of Topliss-reactive ketones (excluding diaryl/α,β-unsaturated/α-hetero) is 1. The Labute approximate surface area is 290 Å². The third-order valence-electron chi connectivity index (χ3n) is 10.9. The number of fused-ring (bicyclic) bond motifs is 1. The molecule has 12 heteroatoms. The van der Waals surface area contributed by atoms with Crippen molar-refractivity contribution < 1.29 is 28.8 Å². The van der Waals surface area contributed by atoms with Crippen molar-refractivity contribution >= 4 is 35.3 Å². The Morgan fingerprint density at radius 1 is 0.898 bits per heavy atom. The highest BCUT2D eigenvalue weighted by Crippen LogP contribution is 2.41. The van der Waals surface area contributed by atoms with Gasteiger partial charge in [-0.25, -0.2) is 0 Å². The van der Waals surface area contributed by atoms with Gasteiger partial charge in [-0.15, -0.1) is 0 Å². The van der Waals surface area contributed by atoms with Crippen molar-refractivity contribution in [2.45, 2.75) is 154 Å². The summed E-state index contributed by atoms with van der Waals surface area (Å²) >= 11 is 0. The van der Waals surface area contributed by atoms with E-state index in [2.05, 4.69) is 26.3 Å². The van der Waals surface area contributed by atoms with E-state index in [1.54, 1.807) is 23.2 Å². The number of likely N-dealkylation sites (tertiary alicyclic amines) is 1. The summed E-state index contributed by atoms with van der Waals surface area (Å²) in [7, 11) is 0. The number of aromatic nitrogens is 1. The molecule has 12 nitrogen and oxygen atoms in total. The van der Waals surface area contributed by atoms with Crippen LogP contribution in [0.25, 0.3) is 0 Å². The van der Waals surface area contributed by atoms with E-state index < -0.39 is 53.1 Å². The van der Waals surface area contributed by atoms with Crippen molar-refractivity contribution in [3.05, 3.63) is 24.0 Å². The molecule has 1 aromatic heterocycles. The van der Waals surface area contributed by atoms with Gasteiger partial charge in [-0.2, -0.15) is 0 Å². The highest BCUT2D eigenvalue weighted by molar-refractivity contribution is 6.38. The first kappa shape index (κ1) is 36.6. The fourth-order valence-corrected chi connectivity index (χ4v) is 8.06. The van der Waals surface area contributed by atoms with E-state index in [4.69, 9.17) is 0 Å². The van der Waals surface area contributed by atoms with Gasteiger partial charge in [0.05, 0.1) is 6.04 Å². The largest absolute Gasteiger partial charge is 0.357 e. The first-order chi connectivity index (χ1) is 23.4. The molecule has 1 aromatic rings. The predicted octanol–water partition coefficient (Wildman–Crippen LogP) is 3.52. The van der Waals surface area contributed by atoms with Crippen molar-refractivity contribution in [2.75, 3.05) is 0 Å². The summed E-state index contributed by atoms with van der Waals surface area (Å²) in [5, 5.41) is 11.6. The van der Waals surface area contributed by atoms with Crippen LogP contribution in [0.15, 0.2) is 18.3 Å². The van der Waals surface area contributed by atoms with E-state index in [1.165, 1.54) is 0 Å². The van der Waals surface area contributed by atoms with Gasteiger partial charge in [-0.1, -0.05) is 66.2 Å². The second-order valence-corrected chi connectivity index (χ2v) is 15.8. The van der Waals surface area contributed by atoms with E-state index in [0.29, 0.717) is 25.0 Å². The van der Waals surface area contributed by atoms with Crippen molar-refractivity contribution in [3.63, 3.8) is 0 Å². The van der Waals surface area contributed by atoms with E-state index >= 15 is 0 Å². The minimum absolute atomic E-state index is 0.0181. The van der Waals surface area contributed by atoms with E-state index in [9.17, 15) is 28.8 Å². The van der Waals surface area contributed by atoms with E-state index in [1.807, 2.05) is 27.7 Å². The summed E-state index contributed by atoms with van der Waals surface area (Å²) < 4.78 is 0. The summed E-state index contributed by atoms with van der Waals surface area (Å²) in [4.78, 5) is 86.6. The summed E-state index contributed by atoms with van der Waals surface area (Å²) in [6.45, 7) is 7.56. The molecule has 270 valence electrons. The molecule has 3 aliphatic carbocycles. The molecule has 49 heavy (non-hydrogen) atoms. The Kier molecular flexibility index (Phi) is 11.9. The molecule has 0 spiro atoms. The fraction of sp³-hybridized carbons (Fsp3) is 0.730. The number of H-pyrrole nitrogens is 1. The molecule has 5 N–H and O–H groups in total. The SMILES string of the molecule is CCC[C@H](NC(=O)[C@H]1C[C@@H]2CCCC[C@@H]2N1C(=O)[C@@H](NC(=O)[C@@H](NC(=O)c1ccc[nH]1)C1CCCCC1)C(C)(C)C)C(=O)C(=O)NC1CC1. The molecule has 4 fully saturated rings. The van der Waals surface area contributed by atoms with Gasteiger partial charge in [-0.3, -0.25) is 28.8 Å². The molecule has 1 aliphatic heterocycles. The number of nitrogens with zero attached hydrogens (tertiary/aromatic N) is 1. The number of ketones is 1. The quantitative estimate of drug-likeness (QED) is 0.200. The van der Waals surface area contributed by atoms with Gasteiger partial charge in [0.15, 0.2) is 0 Å². The van der Waals surface area contributed by atoms with Gasteiger partial charge < -0.3 is 31.2 Å². The first-order valence-corrected chi connectivity index (χ1v) is 18.6. The maximum absolute atomic E-state index is 14.8. The number of carbonyl (C=O) groups excluding carboxylic acids is 6. The zero-order chi connectivity index (χ0) is 35.3. The second-order valence-electron chi connectivity index (χ2n) is 15.8. The monoisotopic (exact) mass is 680 g/mol. The zero-order valence-corrected chi connectivity index (χ0v) is 29.6. The third kappa shape index (κ3) is 8.91. The number of carbonyl (C=O) groups is 6. The lowest BCUT2D eigenvalue weighted by Crippen LogP contribution is -2.63. The molecule has 0 aromatic carbocycles. The highest BCUT2D eigenvalue weighted by Gasteiger charge is 2.51. The molecule has 3 saturated carbocycles. The highest BCUT2D eigenvalue weighted by atomic mass is 16.2. The van der Waals surface area contributed by atoms with E-state index in [-0.39, 0.29) is 35.7 Å². The number of hydrogen-bond acceptors (Lipinski definition) is 6. The molecular weight excluding hydrogens is 624 g/mol. The molecule has 5 rings (SSSR count). The molecule has 2 heterocycles. The molecule has 4 aliphatic rings. The van der Waals surface area contributed by atoms with Gasteiger partial charge >= 0.3 is 0 Å². The van der Waals surface area contributed by atoms with Crippen LogP contribution in [0.3, 0.4) is 0 Å². The van der Waals surface area contributed by atoms with Crippen LogP contribution < -0.4 is 21.3 Å². The minimum atomic E-state index is -0.978. The smallest absolute Gasteiger partial charge is 0.289 e. The summed E-state index contributed by atoms with van der Waals surface area (Å²) in [6.07, 6.45) is 12.9. The van der Waals surface area contributed by atoms with Crippen LogP contribution >= 0.6 is 0 Å². The first-order valence-electron chi connectivity index (χ1n) is 18.6. The molecule has 1 saturated heterocycles. The van der Waals surface area contributed by atoms with Crippen LogP contribution in [-0.2, 0) is 24.0 Å². The average Bonchev–Trinajstić information content (AvgIpc) is 3.55. The minimum Gasteiger partial charge on any atom is -0.357 e. The summed E-state index contributed by atoms with van der Waals surface area (Å²) in [5.74, 6) is -2.84. The van der Waals surface area contributed by atoms with Crippen LogP contribution in [0.2, 0.25) is 0 Å². The van der Waals surface area contributed by atoms with E-state index in [0.717, 1.165) is 70.6 Å². The number of rotatable bonds is 13. The number of aromatic amines is 1. The van der Waals surface area contributed by atoms with Gasteiger partial charge in [0.2, 0.25) is 23.5 Å². The Balaban J connectivity index is 1.37. The molecule has 0 radical (unpaired) electrons. The van der Waals surface area contributed by atoms with Crippen LogP contribution in [0.5, 0.6) is 0 Å². The lowest BCUT2D eigenvalue weighted by Gasteiger charge is -2.40. The second kappa shape index (κ2) is 15.9. The summed E-state index contributed by atoms with van der Waals surface area (Å²) in [6, 6.07) is -0.370. The Morgan fingerprint density at radius 3 is 2.22 bits per heavy atom. The van der Waals surface area contributed by atoms with Crippen LogP contribution in [0.1, 0.15) is 128 Å². The molecule has 0 unspecified atom stereocenters. The van der Waals surface area contributed by atoms with Crippen molar-refractivity contribution in [2.24, 2.45) is 17.3 Å². The van der Waals surface area contributed by atoms with Gasteiger partial charge in [0.1, 0.15) is 23.8 Å². The van der Waals surface area contributed by atoms with Crippen LogP contribution in [-0.4, -0.2) is 81.5 Å². The normalized spacial score (nSPS) is 24.6. The Bertz CT molecular complexity index is 1360. The average molecular weight is 681 g/mol. The van der Waals surface area contributed by atoms with Gasteiger partial charge in [-0.05, 0) is 80.8 Å². The molecule has 6 atom stereocenters. The lowest BCUT2D eigenvalue weighted by atomic mass is 9.81. The van der Waals surface area contributed by atoms with Crippen molar-refractivity contribution in [1.82, 2.24) is 31.2 Å². The summed E-state index contributed by atoms with van der Waals surface area (Å²) in [5.41, 5.74) is -0.362. The molecule has 5 amide bonds. The maximum atomic E-state index is 14.8. The molecule has 0 bridgehead atoms. The Morgan fingerprint density at radius 2 is 1.59 bits per heavy atom. The molecular formula is C37H56N6O6. The Hall–Kier alpha value is -3.70. The number of amides is 5. The number of hydrogen-bond donors (Lipinski definition) is 5. The standard InChI is InChI=1S/C37H56N6O6/c1-5-12-25(30(44)35(48)39-24-18-19-24)40-33(46)28-21-23-15-9-10-17-27(23)43(28)36(49)31(37(2,3)4)42-34(47)29(22-13-7-6-8-14-22)41-32(45)26-16-11-20-38-26/h11,16,20,22-25,27-29,31,38H,5-10,12-15,17-19,21H2,1-4H3,(H,39,48)(H,40,46)(H,41,45)(H,42,47)/t23-,25-,27-,28+,29-,31+/m0/s1. The third-order valence-corrected chi connectivity index (χ3v) is 10.9. The topological polar surface area (TPSA) is 170 Å². The zero-order valence-electron chi connectivity index (χ0n) is 29.6. The van der Waals surface area contributed by atoms with Crippen molar-refractivity contribution in [3.8, 4) is 0 Å². The van der Waals surface area contributed by atoms with Crippen molar-refractivity contribution in [1.29, 1.82) is 0 Å². The van der Waals surface area contributed by atoms with Gasteiger partial charge in [0.25, 0.3) is 11.8 Å². The van der Waals surface area contributed by atoms with Crippen LogP contribution in [0, 0.1) is 17.3 Å². The van der Waals surface area contributed by atoms with Gasteiger partial charge in [0, 0.05) is 18.3 Å². The maximum Gasteiger partial charge on any atom is 0.289 e.